The van der Waals surface area contributed by atoms with Crippen LogP contribution in [-0.2, 0) is 16.1 Å². The van der Waals surface area contributed by atoms with Crippen LogP contribution in [0.25, 0.3) is 11.2 Å². The molecule has 0 spiro atoms. The maximum Gasteiger partial charge on any atom is 0.231 e. The number of carbonyl (C=O) groups excluding carboxylic acids is 1. The standard InChI is InChI=1S/C21H26N8O2/c22-19-18-20(29(14-23-18)9-8-28-7-1-2-17(28)30)26-21(25-19)24-15-3-5-16(6-4-15)27-10-12-31-13-11-27/h3-6,14H,1-2,7-13H2,(H3,22,24,25,26). The Labute approximate surface area is 180 Å². The maximum absolute atomic E-state index is 11.9. The van der Waals surface area contributed by atoms with Gasteiger partial charge in [-0.05, 0) is 30.7 Å². The normalized spacial score (nSPS) is 17.0. The van der Waals surface area contributed by atoms with Crippen LogP contribution in [0.3, 0.4) is 0 Å². The molecule has 2 aliphatic rings. The van der Waals surface area contributed by atoms with Crippen molar-refractivity contribution >= 4 is 40.2 Å². The van der Waals surface area contributed by atoms with Crippen LogP contribution in [-0.4, -0.2) is 69.7 Å². The van der Waals surface area contributed by atoms with Gasteiger partial charge in [0.15, 0.2) is 11.5 Å². The number of ether oxygens (including phenoxy) is 1. The number of aromatic nitrogens is 4. The molecule has 162 valence electrons. The fraction of sp³-hybridized carbons (Fsp3) is 0.429. The Kier molecular flexibility index (Phi) is 5.29. The molecular weight excluding hydrogens is 396 g/mol. The summed E-state index contributed by atoms with van der Waals surface area (Å²) in [5, 5.41) is 3.24. The van der Waals surface area contributed by atoms with Crippen LogP contribution in [0, 0.1) is 0 Å². The summed E-state index contributed by atoms with van der Waals surface area (Å²) in [7, 11) is 0. The average molecular weight is 422 g/mol. The molecule has 4 heterocycles. The smallest absolute Gasteiger partial charge is 0.231 e. The zero-order chi connectivity index (χ0) is 21.2. The molecule has 2 saturated heterocycles. The molecule has 0 aliphatic carbocycles. The first-order valence-electron chi connectivity index (χ1n) is 10.6. The number of morpholine rings is 1. The molecule has 3 N–H and O–H groups in total. The van der Waals surface area contributed by atoms with E-state index in [9.17, 15) is 4.79 Å². The van der Waals surface area contributed by atoms with E-state index in [0.29, 0.717) is 42.4 Å². The number of likely N-dealkylation sites (tertiary alicyclic amines) is 1. The fourth-order valence-corrected chi connectivity index (χ4v) is 4.06. The molecule has 5 rings (SSSR count). The van der Waals surface area contributed by atoms with Crippen molar-refractivity contribution in [3.63, 3.8) is 0 Å². The van der Waals surface area contributed by atoms with Crippen LogP contribution < -0.4 is 16.0 Å². The minimum Gasteiger partial charge on any atom is -0.382 e. The monoisotopic (exact) mass is 422 g/mol. The van der Waals surface area contributed by atoms with E-state index in [0.717, 1.165) is 45.0 Å². The third-order valence-corrected chi connectivity index (χ3v) is 5.77. The Morgan fingerprint density at radius 3 is 2.61 bits per heavy atom. The number of nitrogen functional groups attached to an aromatic ring is 1. The molecule has 0 radical (unpaired) electrons. The predicted molar refractivity (Wildman–Crippen MR) is 118 cm³/mol. The second-order valence-electron chi connectivity index (χ2n) is 7.80. The number of imidazole rings is 1. The van der Waals surface area contributed by atoms with Gasteiger partial charge in [-0.1, -0.05) is 0 Å². The first-order chi connectivity index (χ1) is 15.2. The van der Waals surface area contributed by atoms with Gasteiger partial charge in [-0.25, -0.2) is 4.98 Å². The van der Waals surface area contributed by atoms with Gasteiger partial charge in [-0.3, -0.25) is 4.79 Å². The van der Waals surface area contributed by atoms with Gasteiger partial charge >= 0.3 is 0 Å². The topological polar surface area (TPSA) is 114 Å². The molecule has 1 amide bonds. The lowest BCUT2D eigenvalue weighted by Gasteiger charge is -2.28. The average Bonchev–Trinajstić information content (AvgIpc) is 3.39. The van der Waals surface area contributed by atoms with Crippen molar-refractivity contribution in [2.75, 3.05) is 55.3 Å². The first kappa shape index (κ1) is 19.6. The van der Waals surface area contributed by atoms with Crippen LogP contribution in [0.2, 0.25) is 0 Å². The van der Waals surface area contributed by atoms with Crippen molar-refractivity contribution in [1.82, 2.24) is 24.4 Å². The summed E-state index contributed by atoms with van der Waals surface area (Å²) in [5.74, 6) is 0.956. The molecule has 2 fully saturated rings. The minimum absolute atomic E-state index is 0.210. The zero-order valence-electron chi connectivity index (χ0n) is 17.3. The highest BCUT2D eigenvalue weighted by Gasteiger charge is 2.20. The zero-order valence-corrected chi connectivity index (χ0v) is 17.3. The lowest BCUT2D eigenvalue weighted by Crippen LogP contribution is -2.36. The van der Waals surface area contributed by atoms with Gasteiger partial charge in [-0.15, -0.1) is 0 Å². The van der Waals surface area contributed by atoms with E-state index in [4.69, 9.17) is 10.5 Å². The van der Waals surface area contributed by atoms with Crippen molar-refractivity contribution in [2.45, 2.75) is 19.4 Å². The fourth-order valence-electron chi connectivity index (χ4n) is 4.06. The molecule has 2 aromatic heterocycles. The molecule has 3 aromatic rings. The number of rotatable bonds is 6. The molecule has 31 heavy (non-hydrogen) atoms. The highest BCUT2D eigenvalue weighted by Crippen LogP contribution is 2.23. The summed E-state index contributed by atoms with van der Waals surface area (Å²) in [5.41, 5.74) is 9.41. The Morgan fingerprint density at radius 2 is 1.87 bits per heavy atom. The quantitative estimate of drug-likeness (QED) is 0.616. The van der Waals surface area contributed by atoms with Crippen LogP contribution >= 0.6 is 0 Å². The van der Waals surface area contributed by atoms with Crippen LogP contribution in [0.15, 0.2) is 30.6 Å². The van der Waals surface area contributed by atoms with E-state index in [-0.39, 0.29) is 5.91 Å². The molecular formula is C21H26N8O2. The number of anilines is 4. The highest BCUT2D eigenvalue weighted by atomic mass is 16.5. The molecule has 0 atom stereocenters. The molecule has 10 heteroatoms. The number of hydrogen-bond acceptors (Lipinski definition) is 8. The van der Waals surface area contributed by atoms with Crippen molar-refractivity contribution in [1.29, 1.82) is 0 Å². The van der Waals surface area contributed by atoms with Gasteiger partial charge in [0.2, 0.25) is 11.9 Å². The minimum atomic E-state index is 0.210. The molecule has 10 nitrogen and oxygen atoms in total. The first-order valence-corrected chi connectivity index (χ1v) is 10.6. The van der Waals surface area contributed by atoms with E-state index < -0.39 is 0 Å². The lowest BCUT2D eigenvalue weighted by molar-refractivity contribution is -0.127. The van der Waals surface area contributed by atoms with Gasteiger partial charge in [0, 0.05) is 50.5 Å². The molecule has 0 bridgehead atoms. The summed E-state index contributed by atoms with van der Waals surface area (Å²) in [4.78, 5) is 29.4. The van der Waals surface area contributed by atoms with Gasteiger partial charge in [0.25, 0.3) is 0 Å². The second-order valence-corrected chi connectivity index (χ2v) is 7.80. The van der Waals surface area contributed by atoms with E-state index >= 15 is 0 Å². The number of carbonyl (C=O) groups is 1. The van der Waals surface area contributed by atoms with E-state index in [1.807, 2.05) is 21.6 Å². The molecule has 0 unspecified atom stereocenters. The maximum atomic E-state index is 11.9. The third kappa shape index (κ3) is 4.11. The van der Waals surface area contributed by atoms with Crippen LogP contribution in [0.4, 0.5) is 23.1 Å². The number of nitrogens with two attached hydrogens (primary N) is 1. The Morgan fingerprint density at radius 1 is 1.06 bits per heavy atom. The number of nitrogens with zero attached hydrogens (tertiary/aromatic N) is 6. The lowest BCUT2D eigenvalue weighted by atomic mass is 10.2. The van der Waals surface area contributed by atoms with Crippen LogP contribution in [0.5, 0.6) is 0 Å². The summed E-state index contributed by atoms with van der Waals surface area (Å²) < 4.78 is 7.34. The number of hydrogen-bond donors (Lipinski definition) is 2. The van der Waals surface area contributed by atoms with E-state index in [1.54, 1.807) is 6.33 Å². The Bertz CT molecular complexity index is 1070. The Balaban J connectivity index is 1.32. The second kappa shape index (κ2) is 8.38. The third-order valence-electron chi connectivity index (χ3n) is 5.77. The van der Waals surface area contributed by atoms with Crippen molar-refractivity contribution in [2.24, 2.45) is 0 Å². The van der Waals surface area contributed by atoms with Crippen molar-refractivity contribution in [3.8, 4) is 0 Å². The summed E-state index contributed by atoms with van der Waals surface area (Å²) in [6.45, 7) is 5.38. The number of nitrogens with one attached hydrogen (secondary N) is 1. The largest absolute Gasteiger partial charge is 0.382 e. The SMILES string of the molecule is Nc1nc(Nc2ccc(N3CCOCC3)cc2)nc2c1ncn2CCN1CCCC1=O. The summed E-state index contributed by atoms with van der Waals surface area (Å²) in [6, 6.07) is 8.16. The van der Waals surface area contributed by atoms with Gasteiger partial charge in [-0.2, -0.15) is 9.97 Å². The molecule has 0 saturated carbocycles. The molecule has 2 aliphatic heterocycles. The van der Waals surface area contributed by atoms with Crippen molar-refractivity contribution < 1.29 is 9.53 Å². The van der Waals surface area contributed by atoms with Gasteiger partial charge in [0.1, 0.15) is 5.52 Å². The van der Waals surface area contributed by atoms with E-state index in [2.05, 4.69) is 37.3 Å². The van der Waals surface area contributed by atoms with Gasteiger partial charge < -0.3 is 30.2 Å². The number of benzene rings is 1. The number of fused-ring (bicyclic) bond motifs is 1. The highest BCUT2D eigenvalue weighted by molar-refractivity contribution is 5.83. The number of amides is 1. The molecule has 1 aromatic carbocycles. The summed E-state index contributed by atoms with van der Waals surface area (Å²) >= 11 is 0. The van der Waals surface area contributed by atoms with Crippen LogP contribution in [0.1, 0.15) is 12.8 Å². The Hall–Kier alpha value is -3.40. The van der Waals surface area contributed by atoms with Gasteiger partial charge in [0.05, 0.1) is 19.5 Å². The predicted octanol–water partition coefficient (Wildman–Crippen LogP) is 1.61. The van der Waals surface area contributed by atoms with E-state index in [1.165, 1.54) is 5.69 Å². The van der Waals surface area contributed by atoms with Crippen molar-refractivity contribution in [3.05, 3.63) is 30.6 Å². The summed E-state index contributed by atoms with van der Waals surface area (Å²) in [6.07, 6.45) is 3.27.